The Kier molecular flexibility index (Phi) is 5.05. The number of nitrogens with zero attached hydrogens (tertiary/aromatic N) is 2. The molecule has 1 aliphatic heterocycles. The number of fused-ring (bicyclic) bond motifs is 2. The van der Waals surface area contributed by atoms with E-state index in [4.69, 9.17) is 9.47 Å². The Hall–Kier alpha value is -3.80. The van der Waals surface area contributed by atoms with E-state index in [2.05, 4.69) is 21.6 Å². The molecule has 6 nitrogen and oxygen atoms in total. The minimum Gasteiger partial charge on any atom is -0.454 e. The van der Waals surface area contributed by atoms with Gasteiger partial charge in [0, 0.05) is 30.4 Å². The Morgan fingerprint density at radius 3 is 2.72 bits per heavy atom. The SMILES string of the molecule is Cc1ccc(NC(=O)CC(c2ccc3c(c2)OCO3)c2cnc3c(C)cccn23)cc1C. The molecule has 1 N–H and O–H groups in total. The van der Waals surface area contributed by atoms with Gasteiger partial charge in [0.1, 0.15) is 5.65 Å². The standard InChI is InChI=1S/C26H25N3O3/c1-16-6-8-20(11-18(16)3)28-25(30)13-21(19-7-9-23-24(12-19)32-15-31-23)22-14-27-26-17(2)5-4-10-29(22)26/h4-12,14,21H,13,15H2,1-3H3,(H,28,30). The molecule has 1 amide bonds. The number of carbonyl (C=O) groups excluding carboxylic acids is 1. The van der Waals surface area contributed by atoms with E-state index in [9.17, 15) is 4.79 Å². The van der Waals surface area contributed by atoms with Crippen LogP contribution < -0.4 is 14.8 Å². The summed E-state index contributed by atoms with van der Waals surface area (Å²) < 4.78 is 13.1. The third-order valence-corrected chi connectivity index (χ3v) is 6.10. The van der Waals surface area contributed by atoms with Crippen LogP contribution in [0.5, 0.6) is 11.5 Å². The Morgan fingerprint density at radius 1 is 1.03 bits per heavy atom. The van der Waals surface area contributed by atoms with Gasteiger partial charge in [-0.25, -0.2) is 4.98 Å². The van der Waals surface area contributed by atoms with Crippen LogP contribution in [-0.2, 0) is 4.79 Å². The van der Waals surface area contributed by atoms with Gasteiger partial charge in [0.2, 0.25) is 12.7 Å². The summed E-state index contributed by atoms with van der Waals surface area (Å²) in [4.78, 5) is 17.8. The van der Waals surface area contributed by atoms with Crippen LogP contribution in [0.4, 0.5) is 5.69 Å². The third kappa shape index (κ3) is 3.68. The maximum atomic E-state index is 13.1. The number of imidazole rings is 1. The summed E-state index contributed by atoms with van der Waals surface area (Å²) in [6.45, 7) is 6.35. The number of hydrogen-bond acceptors (Lipinski definition) is 4. The molecule has 0 saturated heterocycles. The largest absolute Gasteiger partial charge is 0.454 e. The lowest BCUT2D eigenvalue weighted by Gasteiger charge is -2.18. The summed E-state index contributed by atoms with van der Waals surface area (Å²) in [6, 6.07) is 15.9. The summed E-state index contributed by atoms with van der Waals surface area (Å²) in [5.41, 5.74) is 7.06. The van der Waals surface area contributed by atoms with Gasteiger partial charge in [0.15, 0.2) is 11.5 Å². The number of amides is 1. The highest BCUT2D eigenvalue weighted by Gasteiger charge is 2.25. The van der Waals surface area contributed by atoms with Gasteiger partial charge in [-0.15, -0.1) is 0 Å². The average molecular weight is 428 g/mol. The second kappa shape index (κ2) is 8.04. The van der Waals surface area contributed by atoms with E-state index in [1.54, 1.807) is 0 Å². The topological polar surface area (TPSA) is 64.9 Å². The lowest BCUT2D eigenvalue weighted by Crippen LogP contribution is -2.17. The summed E-state index contributed by atoms with van der Waals surface area (Å²) in [5, 5.41) is 3.06. The lowest BCUT2D eigenvalue weighted by atomic mass is 9.92. The van der Waals surface area contributed by atoms with Crippen LogP contribution in [-0.4, -0.2) is 22.1 Å². The van der Waals surface area contributed by atoms with E-state index in [-0.39, 0.29) is 25.0 Å². The molecule has 1 aliphatic rings. The Bertz CT molecular complexity index is 1330. The van der Waals surface area contributed by atoms with E-state index < -0.39 is 0 Å². The van der Waals surface area contributed by atoms with E-state index in [1.807, 2.05) is 74.8 Å². The van der Waals surface area contributed by atoms with Gasteiger partial charge in [0.05, 0.1) is 5.69 Å². The number of carbonyl (C=O) groups is 1. The smallest absolute Gasteiger partial charge is 0.231 e. The number of ether oxygens (including phenoxy) is 2. The highest BCUT2D eigenvalue weighted by Crippen LogP contribution is 2.38. The number of aryl methyl sites for hydroxylation is 3. The fourth-order valence-electron chi connectivity index (χ4n) is 4.17. The molecular weight excluding hydrogens is 402 g/mol. The molecule has 1 atom stereocenters. The molecule has 6 heteroatoms. The van der Waals surface area contributed by atoms with Crippen LogP contribution in [0.3, 0.4) is 0 Å². The van der Waals surface area contributed by atoms with Crippen molar-refractivity contribution in [1.29, 1.82) is 0 Å². The molecule has 2 aromatic carbocycles. The van der Waals surface area contributed by atoms with Crippen molar-refractivity contribution in [1.82, 2.24) is 9.38 Å². The van der Waals surface area contributed by atoms with Crippen LogP contribution in [0.2, 0.25) is 0 Å². The predicted molar refractivity (Wildman–Crippen MR) is 123 cm³/mol. The Morgan fingerprint density at radius 2 is 1.88 bits per heavy atom. The van der Waals surface area contributed by atoms with Crippen molar-refractivity contribution >= 4 is 17.2 Å². The Labute approximate surface area is 186 Å². The quantitative estimate of drug-likeness (QED) is 0.478. The van der Waals surface area contributed by atoms with Crippen molar-refractivity contribution < 1.29 is 14.3 Å². The fourth-order valence-corrected chi connectivity index (χ4v) is 4.17. The van der Waals surface area contributed by atoms with Crippen molar-refractivity contribution in [3.8, 4) is 11.5 Å². The van der Waals surface area contributed by atoms with E-state index in [0.717, 1.165) is 39.5 Å². The van der Waals surface area contributed by atoms with Crippen LogP contribution in [0.15, 0.2) is 60.9 Å². The molecule has 0 spiro atoms. The number of aromatic nitrogens is 2. The van der Waals surface area contributed by atoms with Gasteiger partial charge >= 0.3 is 0 Å². The van der Waals surface area contributed by atoms with Crippen LogP contribution >= 0.6 is 0 Å². The molecule has 3 heterocycles. The van der Waals surface area contributed by atoms with Crippen molar-refractivity contribution in [2.24, 2.45) is 0 Å². The van der Waals surface area contributed by atoms with Crippen molar-refractivity contribution in [2.75, 3.05) is 12.1 Å². The van der Waals surface area contributed by atoms with E-state index in [0.29, 0.717) is 5.75 Å². The van der Waals surface area contributed by atoms with Gasteiger partial charge in [-0.2, -0.15) is 0 Å². The summed E-state index contributed by atoms with van der Waals surface area (Å²) in [7, 11) is 0. The van der Waals surface area contributed by atoms with Crippen LogP contribution in [0, 0.1) is 20.8 Å². The molecule has 0 radical (unpaired) electrons. The third-order valence-electron chi connectivity index (χ3n) is 6.10. The monoisotopic (exact) mass is 427 g/mol. The first kappa shape index (κ1) is 20.1. The zero-order valence-corrected chi connectivity index (χ0v) is 18.4. The maximum absolute atomic E-state index is 13.1. The van der Waals surface area contributed by atoms with Gasteiger partial charge < -0.3 is 19.2 Å². The second-order valence-corrected chi connectivity index (χ2v) is 8.28. The Balaban J connectivity index is 1.51. The highest BCUT2D eigenvalue weighted by atomic mass is 16.7. The molecular formula is C26H25N3O3. The number of rotatable bonds is 5. The average Bonchev–Trinajstić information content (AvgIpc) is 3.42. The molecule has 2 aromatic heterocycles. The van der Waals surface area contributed by atoms with Gasteiger partial charge in [-0.1, -0.05) is 18.2 Å². The molecule has 0 saturated carbocycles. The molecule has 1 unspecified atom stereocenters. The first-order valence-electron chi connectivity index (χ1n) is 10.7. The fraction of sp³-hybridized carbons (Fsp3) is 0.231. The predicted octanol–water partition coefficient (Wildman–Crippen LogP) is 5.15. The first-order valence-corrected chi connectivity index (χ1v) is 10.7. The molecule has 5 rings (SSSR count). The lowest BCUT2D eigenvalue weighted by molar-refractivity contribution is -0.116. The number of pyridine rings is 1. The van der Waals surface area contributed by atoms with Crippen LogP contribution in [0.25, 0.3) is 5.65 Å². The summed E-state index contributed by atoms with van der Waals surface area (Å²) in [5.74, 6) is 1.17. The summed E-state index contributed by atoms with van der Waals surface area (Å²) in [6.07, 6.45) is 4.13. The molecule has 4 aromatic rings. The zero-order valence-electron chi connectivity index (χ0n) is 18.4. The number of nitrogens with one attached hydrogen (secondary N) is 1. The number of benzene rings is 2. The van der Waals surface area contributed by atoms with Gasteiger partial charge in [-0.05, 0) is 73.4 Å². The van der Waals surface area contributed by atoms with Crippen molar-refractivity contribution in [2.45, 2.75) is 33.1 Å². The van der Waals surface area contributed by atoms with Crippen molar-refractivity contribution in [3.63, 3.8) is 0 Å². The van der Waals surface area contributed by atoms with Crippen LogP contribution in [0.1, 0.15) is 40.3 Å². The zero-order chi connectivity index (χ0) is 22.2. The van der Waals surface area contributed by atoms with Gasteiger partial charge in [-0.3, -0.25) is 4.79 Å². The molecule has 0 fully saturated rings. The molecule has 162 valence electrons. The molecule has 32 heavy (non-hydrogen) atoms. The van der Waals surface area contributed by atoms with Gasteiger partial charge in [0.25, 0.3) is 0 Å². The van der Waals surface area contributed by atoms with E-state index in [1.165, 1.54) is 5.56 Å². The normalized spacial score (nSPS) is 13.3. The first-order chi connectivity index (χ1) is 15.5. The summed E-state index contributed by atoms with van der Waals surface area (Å²) >= 11 is 0. The minimum atomic E-state index is -0.201. The second-order valence-electron chi connectivity index (χ2n) is 8.28. The highest BCUT2D eigenvalue weighted by molar-refractivity contribution is 5.91. The molecule has 0 aliphatic carbocycles. The molecule has 0 bridgehead atoms. The number of hydrogen-bond donors (Lipinski definition) is 1. The maximum Gasteiger partial charge on any atom is 0.231 e. The minimum absolute atomic E-state index is 0.0569. The van der Waals surface area contributed by atoms with E-state index >= 15 is 0 Å². The number of anilines is 1. The van der Waals surface area contributed by atoms with Crippen molar-refractivity contribution in [3.05, 3.63) is 88.9 Å².